The summed E-state index contributed by atoms with van der Waals surface area (Å²) in [5.74, 6) is 0.142. The lowest BCUT2D eigenvalue weighted by molar-refractivity contribution is -0.154. The molecule has 1 aliphatic heterocycles. The number of hydrogen-bond donors (Lipinski definition) is 2. The third-order valence-electron chi connectivity index (χ3n) is 4.76. The predicted molar refractivity (Wildman–Crippen MR) is 91.1 cm³/mol. The third kappa shape index (κ3) is 3.58. The number of nitrogens with one attached hydrogen (secondary N) is 2. The van der Waals surface area contributed by atoms with Crippen molar-refractivity contribution in [3.05, 3.63) is 23.8 Å². The van der Waals surface area contributed by atoms with Crippen molar-refractivity contribution >= 4 is 17.9 Å². The lowest BCUT2D eigenvalue weighted by atomic mass is 9.78. The minimum Gasteiger partial charge on any atom is -0.486 e. The molecule has 2 aliphatic rings. The van der Waals surface area contributed by atoms with Gasteiger partial charge in [-0.1, -0.05) is 18.9 Å². The maximum absolute atomic E-state index is 12.8. The Balaban J connectivity index is 1.74. The summed E-state index contributed by atoms with van der Waals surface area (Å²) < 4.78 is 16.4. The van der Waals surface area contributed by atoms with Gasteiger partial charge >= 0.3 is 12.0 Å². The van der Waals surface area contributed by atoms with Gasteiger partial charge in [-0.15, -0.1) is 0 Å². The van der Waals surface area contributed by atoms with E-state index < -0.39 is 29.9 Å². The number of carbonyl (C=O) groups excluding carboxylic acids is 3. The number of ether oxygens (including phenoxy) is 3. The van der Waals surface area contributed by atoms with Crippen molar-refractivity contribution in [3.8, 4) is 11.5 Å². The van der Waals surface area contributed by atoms with E-state index in [1.165, 1.54) is 7.05 Å². The van der Waals surface area contributed by atoms with Gasteiger partial charge < -0.3 is 19.5 Å². The SMILES string of the molecule is CNC(=O)NC(=O)COC(=O)C1(c2ccc3c(c2)OCCO3)CCCC1. The van der Waals surface area contributed by atoms with Crippen LogP contribution in [0.4, 0.5) is 4.79 Å². The van der Waals surface area contributed by atoms with Crippen molar-refractivity contribution in [1.29, 1.82) is 0 Å². The van der Waals surface area contributed by atoms with Crippen molar-refractivity contribution in [2.45, 2.75) is 31.1 Å². The largest absolute Gasteiger partial charge is 0.486 e. The normalized spacial score (nSPS) is 17.3. The molecule has 3 amide bonds. The number of amides is 3. The molecule has 1 heterocycles. The zero-order valence-corrected chi connectivity index (χ0v) is 14.6. The molecule has 0 spiro atoms. The highest BCUT2D eigenvalue weighted by molar-refractivity contribution is 5.96. The Labute approximate surface area is 151 Å². The summed E-state index contributed by atoms with van der Waals surface area (Å²) in [5.41, 5.74) is -0.000634. The summed E-state index contributed by atoms with van der Waals surface area (Å²) in [7, 11) is 1.39. The molecule has 8 heteroatoms. The Kier molecular flexibility index (Phi) is 5.29. The maximum Gasteiger partial charge on any atom is 0.321 e. The van der Waals surface area contributed by atoms with Crippen molar-refractivity contribution < 1.29 is 28.6 Å². The Morgan fingerprint density at radius 2 is 1.81 bits per heavy atom. The highest BCUT2D eigenvalue weighted by Crippen LogP contribution is 2.45. The van der Waals surface area contributed by atoms with E-state index in [1.807, 2.05) is 12.1 Å². The molecule has 0 bridgehead atoms. The molecule has 140 valence electrons. The van der Waals surface area contributed by atoms with Crippen LogP contribution in [-0.4, -0.2) is 44.8 Å². The molecule has 0 saturated heterocycles. The topological polar surface area (TPSA) is 103 Å². The van der Waals surface area contributed by atoms with E-state index in [0.29, 0.717) is 37.6 Å². The van der Waals surface area contributed by atoms with E-state index in [4.69, 9.17) is 14.2 Å². The highest BCUT2D eigenvalue weighted by Gasteiger charge is 2.45. The average molecular weight is 362 g/mol. The fraction of sp³-hybridized carbons (Fsp3) is 0.500. The Hall–Kier alpha value is -2.77. The smallest absolute Gasteiger partial charge is 0.321 e. The van der Waals surface area contributed by atoms with Gasteiger partial charge in [0.1, 0.15) is 13.2 Å². The Morgan fingerprint density at radius 3 is 2.50 bits per heavy atom. The van der Waals surface area contributed by atoms with Crippen molar-refractivity contribution in [2.24, 2.45) is 0 Å². The number of hydrogen-bond acceptors (Lipinski definition) is 6. The number of esters is 1. The van der Waals surface area contributed by atoms with E-state index in [-0.39, 0.29) is 0 Å². The van der Waals surface area contributed by atoms with Crippen LogP contribution in [0.2, 0.25) is 0 Å². The van der Waals surface area contributed by atoms with Crippen LogP contribution in [0, 0.1) is 0 Å². The Bertz CT molecular complexity index is 712. The van der Waals surface area contributed by atoms with Crippen LogP contribution >= 0.6 is 0 Å². The van der Waals surface area contributed by atoms with Crippen LogP contribution in [0.5, 0.6) is 11.5 Å². The molecule has 1 saturated carbocycles. The van der Waals surface area contributed by atoms with Crippen LogP contribution in [0.3, 0.4) is 0 Å². The minimum atomic E-state index is -0.802. The molecule has 1 aromatic carbocycles. The van der Waals surface area contributed by atoms with Gasteiger partial charge in [-0.3, -0.25) is 14.9 Å². The number of carbonyl (C=O) groups is 3. The van der Waals surface area contributed by atoms with Crippen molar-refractivity contribution in [3.63, 3.8) is 0 Å². The number of rotatable bonds is 4. The molecule has 1 aliphatic carbocycles. The monoisotopic (exact) mass is 362 g/mol. The van der Waals surface area contributed by atoms with Crippen LogP contribution in [0.1, 0.15) is 31.2 Å². The second kappa shape index (κ2) is 7.63. The summed E-state index contributed by atoms with van der Waals surface area (Å²) in [5, 5.41) is 4.33. The fourth-order valence-corrected chi connectivity index (χ4v) is 3.42. The third-order valence-corrected chi connectivity index (χ3v) is 4.76. The molecule has 0 radical (unpaired) electrons. The van der Waals surface area contributed by atoms with Gasteiger partial charge in [0.05, 0.1) is 5.41 Å². The van der Waals surface area contributed by atoms with Gasteiger partial charge in [0.25, 0.3) is 5.91 Å². The van der Waals surface area contributed by atoms with E-state index >= 15 is 0 Å². The first-order valence-corrected chi connectivity index (χ1v) is 8.64. The van der Waals surface area contributed by atoms with Gasteiger partial charge in [-0.2, -0.15) is 0 Å². The molecular weight excluding hydrogens is 340 g/mol. The molecule has 1 aromatic rings. The standard InChI is InChI=1S/C18H22N2O6/c1-19-17(23)20-15(21)11-26-16(22)18(6-2-3-7-18)12-4-5-13-14(10-12)25-9-8-24-13/h4-5,10H,2-3,6-9,11H2,1H3,(H2,19,20,21,23). The summed E-state index contributed by atoms with van der Waals surface area (Å²) >= 11 is 0. The van der Waals surface area contributed by atoms with Crippen molar-refractivity contribution in [2.75, 3.05) is 26.9 Å². The van der Waals surface area contributed by atoms with E-state index in [2.05, 4.69) is 10.6 Å². The van der Waals surface area contributed by atoms with Gasteiger partial charge in [0.2, 0.25) is 0 Å². The molecule has 3 rings (SSSR count). The molecular formula is C18H22N2O6. The lowest BCUT2D eigenvalue weighted by Gasteiger charge is -2.28. The fourth-order valence-electron chi connectivity index (χ4n) is 3.42. The van der Waals surface area contributed by atoms with Gasteiger partial charge in [-0.05, 0) is 30.5 Å². The van der Waals surface area contributed by atoms with Crippen LogP contribution in [0.25, 0.3) is 0 Å². The first-order chi connectivity index (χ1) is 12.5. The van der Waals surface area contributed by atoms with Crippen LogP contribution < -0.4 is 20.1 Å². The summed E-state index contributed by atoms with van der Waals surface area (Å²) in [4.78, 5) is 35.6. The second-order valence-electron chi connectivity index (χ2n) is 6.35. The predicted octanol–water partition coefficient (Wildman–Crippen LogP) is 1.27. The van der Waals surface area contributed by atoms with E-state index in [0.717, 1.165) is 18.4 Å². The average Bonchev–Trinajstić information content (AvgIpc) is 3.16. The second-order valence-corrected chi connectivity index (χ2v) is 6.35. The zero-order valence-electron chi connectivity index (χ0n) is 14.6. The molecule has 0 aromatic heterocycles. The molecule has 0 atom stereocenters. The van der Waals surface area contributed by atoms with Crippen LogP contribution in [-0.2, 0) is 19.7 Å². The number of benzene rings is 1. The maximum atomic E-state index is 12.8. The molecule has 26 heavy (non-hydrogen) atoms. The van der Waals surface area contributed by atoms with E-state index in [1.54, 1.807) is 6.07 Å². The summed E-state index contributed by atoms with van der Waals surface area (Å²) in [6.07, 6.45) is 3.08. The minimum absolute atomic E-state index is 0.460. The number of fused-ring (bicyclic) bond motifs is 1. The van der Waals surface area contributed by atoms with Gasteiger partial charge in [0, 0.05) is 7.05 Å². The van der Waals surface area contributed by atoms with Gasteiger partial charge in [-0.25, -0.2) is 4.79 Å². The first kappa shape index (κ1) is 18.0. The number of urea groups is 1. The molecule has 2 N–H and O–H groups in total. The van der Waals surface area contributed by atoms with Gasteiger partial charge in [0.15, 0.2) is 18.1 Å². The lowest BCUT2D eigenvalue weighted by Crippen LogP contribution is -2.42. The molecule has 8 nitrogen and oxygen atoms in total. The Morgan fingerprint density at radius 1 is 1.12 bits per heavy atom. The first-order valence-electron chi connectivity index (χ1n) is 8.64. The highest BCUT2D eigenvalue weighted by atomic mass is 16.6. The zero-order chi connectivity index (χ0) is 18.6. The van der Waals surface area contributed by atoms with Crippen LogP contribution in [0.15, 0.2) is 18.2 Å². The summed E-state index contributed by atoms with van der Waals surface area (Å²) in [6.45, 7) is 0.464. The molecule has 0 unspecified atom stereocenters. The van der Waals surface area contributed by atoms with E-state index in [9.17, 15) is 14.4 Å². The number of imide groups is 1. The van der Waals surface area contributed by atoms with Crippen molar-refractivity contribution in [1.82, 2.24) is 10.6 Å². The molecule has 1 fully saturated rings. The summed E-state index contributed by atoms with van der Waals surface area (Å²) in [6, 6.07) is 4.83. The quantitative estimate of drug-likeness (QED) is 0.782.